The predicted molar refractivity (Wildman–Crippen MR) is 72.2 cm³/mol. The molecule has 0 aromatic carbocycles. The lowest BCUT2D eigenvalue weighted by Gasteiger charge is -2.14. The summed E-state index contributed by atoms with van der Waals surface area (Å²) in [5.41, 5.74) is 4.94. The number of carboxylic acid groups (broad SMARTS) is 1. The van der Waals surface area contributed by atoms with Crippen molar-refractivity contribution < 1.29 is 19.5 Å². The van der Waals surface area contributed by atoms with E-state index >= 15 is 0 Å². The standard InChI is InChI=1S/C11H16N4O4S/c12-8(16)2-1-7(10(17)18)15-11(19)14-4-3-9-13-5-6-20-9/h5-7H,1-4H2,(H2,12,16)(H,17,18)(H2,14,15,19)/t7-/m1/s1. The summed E-state index contributed by atoms with van der Waals surface area (Å²) in [5.74, 6) is -1.82. The first-order valence-corrected chi connectivity index (χ1v) is 6.81. The number of nitrogens with zero attached hydrogens (tertiary/aromatic N) is 1. The van der Waals surface area contributed by atoms with Crippen molar-refractivity contribution in [3.8, 4) is 0 Å². The van der Waals surface area contributed by atoms with Crippen LogP contribution in [0.25, 0.3) is 0 Å². The van der Waals surface area contributed by atoms with Gasteiger partial charge < -0.3 is 21.5 Å². The molecule has 110 valence electrons. The van der Waals surface area contributed by atoms with Gasteiger partial charge in [-0.1, -0.05) is 0 Å². The highest BCUT2D eigenvalue weighted by Gasteiger charge is 2.20. The predicted octanol–water partition coefficient (Wildman–Crippen LogP) is -0.297. The van der Waals surface area contributed by atoms with E-state index in [4.69, 9.17) is 10.8 Å². The summed E-state index contributed by atoms with van der Waals surface area (Å²) in [7, 11) is 0. The highest BCUT2D eigenvalue weighted by molar-refractivity contribution is 7.09. The van der Waals surface area contributed by atoms with Crippen molar-refractivity contribution >= 4 is 29.2 Å². The molecule has 1 rings (SSSR count). The van der Waals surface area contributed by atoms with Crippen molar-refractivity contribution in [3.05, 3.63) is 16.6 Å². The summed E-state index contributed by atoms with van der Waals surface area (Å²) in [6.07, 6.45) is 2.11. The van der Waals surface area contributed by atoms with Gasteiger partial charge in [0.15, 0.2) is 0 Å². The number of hydrogen-bond donors (Lipinski definition) is 4. The molecule has 0 fully saturated rings. The third-order valence-corrected chi connectivity index (χ3v) is 3.23. The first-order chi connectivity index (χ1) is 9.49. The molecule has 0 bridgehead atoms. The van der Waals surface area contributed by atoms with Gasteiger partial charge in [0.25, 0.3) is 0 Å². The second-order valence-corrected chi connectivity index (χ2v) is 4.95. The monoisotopic (exact) mass is 300 g/mol. The third-order valence-electron chi connectivity index (χ3n) is 2.39. The molecule has 1 aromatic heterocycles. The van der Waals surface area contributed by atoms with Gasteiger partial charge in [0, 0.05) is 31.0 Å². The molecule has 8 nitrogen and oxygen atoms in total. The zero-order valence-corrected chi connectivity index (χ0v) is 11.5. The Morgan fingerprint density at radius 3 is 2.75 bits per heavy atom. The van der Waals surface area contributed by atoms with Crippen LogP contribution in [-0.4, -0.2) is 40.6 Å². The van der Waals surface area contributed by atoms with Crippen LogP contribution in [0.3, 0.4) is 0 Å². The first-order valence-electron chi connectivity index (χ1n) is 5.93. The summed E-state index contributed by atoms with van der Waals surface area (Å²) in [5, 5.41) is 16.4. The van der Waals surface area contributed by atoms with E-state index in [0.717, 1.165) is 5.01 Å². The van der Waals surface area contributed by atoms with Crippen molar-refractivity contribution in [1.82, 2.24) is 15.6 Å². The molecule has 20 heavy (non-hydrogen) atoms. The number of aliphatic carboxylic acids is 1. The Bertz CT molecular complexity index is 463. The fraction of sp³-hybridized carbons (Fsp3) is 0.455. The fourth-order valence-corrected chi connectivity index (χ4v) is 2.03. The molecule has 0 saturated heterocycles. The Morgan fingerprint density at radius 1 is 1.45 bits per heavy atom. The number of carboxylic acids is 1. The van der Waals surface area contributed by atoms with Crippen LogP contribution in [0.4, 0.5) is 4.79 Å². The van der Waals surface area contributed by atoms with Crippen LogP contribution < -0.4 is 16.4 Å². The molecule has 0 radical (unpaired) electrons. The number of nitrogens with two attached hydrogens (primary N) is 1. The average molecular weight is 300 g/mol. The van der Waals surface area contributed by atoms with E-state index in [9.17, 15) is 14.4 Å². The Hall–Kier alpha value is -2.16. The van der Waals surface area contributed by atoms with Crippen LogP contribution in [0.5, 0.6) is 0 Å². The SMILES string of the molecule is NC(=O)CC[C@@H](NC(=O)NCCc1nccs1)C(=O)O. The van der Waals surface area contributed by atoms with Crippen LogP contribution in [0.1, 0.15) is 17.8 Å². The topological polar surface area (TPSA) is 134 Å². The number of urea groups is 1. The van der Waals surface area contributed by atoms with Gasteiger partial charge in [-0.15, -0.1) is 11.3 Å². The molecule has 9 heteroatoms. The maximum absolute atomic E-state index is 11.5. The van der Waals surface area contributed by atoms with Crippen LogP contribution in [0.2, 0.25) is 0 Å². The van der Waals surface area contributed by atoms with Crippen LogP contribution in [0, 0.1) is 0 Å². The first kappa shape index (κ1) is 15.9. The van der Waals surface area contributed by atoms with E-state index in [0.29, 0.717) is 13.0 Å². The van der Waals surface area contributed by atoms with Gasteiger partial charge >= 0.3 is 12.0 Å². The number of carbonyl (C=O) groups is 3. The molecule has 1 heterocycles. The summed E-state index contributed by atoms with van der Waals surface area (Å²) < 4.78 is 0. The van der Waals surface area contributed by atoms with E-state index in [-0.39, 0.29) is 12.8 Å². The molecule has 5 N–H and O–H groups in total. The van der Waals surface area contributed by atoms with Gasteiger partial charge in [0.1, 0.15) is 6.04 Å². The number of hydrogen-bond acceptors (Lipinski definition) is 5. The highest BCUT2D eigenvalue weighted by Crippen LogP contribution is 2.03. The minimum atomic E-state index is -1.21. The van der Waals surface area contributed by atoms with Gasteiger partial charge in [-0.2, -0.15) is 0 Å². The summed E-state index contributed by atoms with van der Waals surface area (Å²) >= 11 is 1.48. The van der Waals surface area contributed by atoms with Crippen LogP contribution in [0.15, 0.2) is 11.6 Å². The fourth-order valence-electron chi connectivity index (χ4n) is 1.41. The number of nitrogens with one attached hydrogen (secondary N) is 2. The lowest BCUT2D eigenvalue weighted by molar-refractivity contribution is -0.139. The third kappa shape index (κ3) is 6.14. The van der Waals surface area contributed by atoms with Crippen molar-refractivity contribution in [1.29, 1.82) is 0 Å². The molecule has 1 aromatic rings. The molecule has 0 aliphatic heterocycles. The molecular weight excluding hydrogens is 284 g/mol. The normalized spacial score (nSPS) is 11.6. The summed E-state index contributed by atoms with van der Waals surface area (Å²) in [6.45, 7) is 0.349. The van der Waals surface area contributed by atoms with Gasteiger partial charge in [-0.3, -0.25) is 4.79 Å². The Kier molecular flexibility index (Phi) is 6.44. The average Bonchev–Trinajstić information content (AvgIpc) is 2.87. The zero-order chi connectivity index (χ0) is 15.0. The molecule has 0 aliphatic rings. The number of thiazole rings is 1. The van der Waals surface area contributed by atoms with Crippen molar-refractivity contribution in [3.63, 3.8) is 0 Å². The van der Waals surface area contributed by atoms with Gasteiger partial charge in [0.05, 0.1) is 5.01 Å². The van der Waals surface area contributed by atoms with Crippen LogP contribution >= 0.6 is 11.3 Å². The lowest BCUT2D eigenvalue weighted by Crippen LogP contribution is -2.46. The lowest BCUT2D eigenvalue weighted by atomic mass is 10.1. The van der Waals surface area contributed by atoms with Crippen molar-refractivity contribution in [2.45, 2.75) is 25.3 Å². The largest absolute Gasteiger partial charge is 0.480 e. The maximum atomic E-state index is 11.5. The smallest absolute Gasteiger partial charge is 0.326 e. The van der Waals surface area contributed by atoms with Crippen molar-refractivity contribution in [2.75, 3.05) is 6.54 Å². The molecule has 0 unspecified atom stereocenters. The quantitative estimate of drug-likeness (QED) is 0.523. The highest BCUT2D eigenvalue weighted by atomic mass is 32.1. The number of carbonyl (C=O) groups excluding carboxylic acids is 2. The van der Waals surface area contributed by atoms with E-state index in [1.54, 1.807) is 6.20 Å². The zero-order valence-electron chi connectivity index (χ0n) is 10.7. The number of rotatable bonds is 8. The van der Waals surface area contributed by atoms with E-state index in [1.165, 1.54) is 11.3 Å². The van der Waals surface area contributed by atoms with E-state index in [2.05, 4.69) is 15.6 Å². The number of amides is 3. The Balaban J connectivity index is 2.30. The minimum Gasteiger partial charge on any atom is -0.480 e. The minimum absolute atomic E-state index is 0.0371. The second kappa shape index (κ2) is 8.10. The summed E-state index contributed by atoms with van der Waals surface area (Å²) in [4.78, 5) is 37.1. The maximum Gasteiger partial charge on any atom is 0.326 e. The van der Waals surface area contributed by atoms with Gasteiger partial charge in [-0.05, 0) is 6.42 Å². The van der Waals surface area contributed by atoms with Crippen LogP contribution in [-0.2, 0) is 16.0 Å². The summed E-state index contributed by atoms with van der Waals surface area (Å²) in [6, 6.07) is -1.74. The molecule has 0 spiro atoms. The van der Waals surface area contributed by atoms with Crippen molar-refractivity contribution in [2.24, 2.45) is 5.73 Å². The van der Waals surface area contributed by atoms with Gasteiger partial charge in [-0.25, -0.2) is 14.6 Å². The molecule has 0 saturated carbocycles. The Labute approximate surface area is 119 Å². The molecule has 0 aliphatic carbocycles. The van der Waals surface area contributed by atoms with Gasteiger partial charge in [0.2, 0.25) is 5.91 Å². The number of primary amides is 1. The molecule has 3 amide bonds. The second-order valence-electron chi connectivity index (χ2n) is 3.97. The number of aromatic nitrogens is 1. The molecule has 1 atom stereocenters. The molecular formula is C11H16N4O4S. The Morgan fingerprint density at radius 2 is 2.20 bits per heavy atom. The van der Waals surface area contributed by atoms with E-state index < -0.39 is 23.9 Å². The van der Waals surface area contributed by atoms with E-state index in [1.807, 2.05) is 5.38 Å².